The second-order valence-electron chi connectivity index (χ2n) is 7.02. The van der Waals surface area contributed by atoms with E-state index in [1.54, 1.807) is 0 Å². The summed E-state index contributed by atoms with van der Waals surface area (Å²) in [5.41, 5.74) is 4.43. The molecule has 0 atom stereocenters. The third kappa shape index (κ3) is 6.36. The summed E-state index contributed by atoms with van der Waals surface area (Å²) >= 11 is 0. The second-order valence-corrected chi connectivity index (χ2v) is 7.02. The number of carbonyl (C=O) groups excluding carboxylic acids is 1. The minimum absolute atomic E-state index is 0.133. The van der Waals surface area contributed by atoms with E-state index in [9.17, 15) is 4.79 Å². The van der Waals surface area contributed by atoms with E-state index in [2.05, 4.69) is 38.6 Å². The van der Waals surface area contributed by atoms with Crippen molar-refractivity contribution < 1.29 is 9.53 Å². The van der Waals surface area contributed by atoms with Crippen molar-refractivity contribution in [2.45, 2.75) is 45.6 Å². The van der Waals surface area contributed by atoms with Gasteiger partial charge in [0.25, 0.3) is 0 Å². The molecule has 1 aromatic heterocycles. The average Bonchev–Trinajstić information content (AvgIpc) is 3.15. The molecule has 1 aromatic carbocycles. The lowest BCUT2D eigenvalue weighted by Crippen LogP contribution is -2.29. The third-order valence-corrected chi connectivity index (χ3v) is 4.67. The zero-order valence-electron chi connectivity index (χ0n) is 16.1. The first-order valence-corrected chi connectivity index (χ1v) is 9.81. The van der Waals surface area contributed by atoms with E-state index in [1.807, 2.05) is 6.07 Å². The number of ketones is 1. The molecule has 1 saturated heterocycles. The first kappa shape index (κ1) is 19.4. The third-order valence-electron chi connectivity index (χ3n) is 4.67. The minimum atomic E-state index is -0.133. The Morgan fingerprint density at radius 3 is 2.85 bits per heavy atom. The van der Waals surface area contributed by atoms with Gasteiger partial charge in [0, 0.05) is 20.0 Å². The molecule has 1 aliphatic rings. The highest BCUT2D eigenvalue weighted by molar-refractivity contribution is 5.89. The molecule has 7 heteroatoms. The number of benzene rings is 1. The number of aromatic nitrogens is 3. The fourth-order valence-corrected chi connectivity index (χ4v) is 3.22. The van der Waals surface area contributed by atoms with Crippen LogP contribution in [-0.2, 0) is 6.54 Å². The Hall–Kier alpha value is -2.41. The smallest absolute Gasteiger partial charge is 0.219 e. The van der Waals surface area contributed by atoms with Crippen molar-refractivity contribution in [3.8, 4) is 5.75 Å². The van der Waals surface area contributed by atoms with Crippen LogP contribution in [0.15, 0.2) is 30.6 Å². The number of likely N-dealkylation sites (tertiary alicyclic amines) is 1. The number of nitrogens with zero attached hydrogens (tertiary/aromatic N) is 4. The SMILES string of the molecule is CC(=O)c1ncn(NCCCCOc2cccc(CN3CCCCC3)c2)n1. The molecule has 0 saturated carbocycles. The van der Waals surface area contributed by atoms with Crippen molar-refractivity contribution in [3.63, 3.8) is 0 Å². The van der Waals surface area contributed by atoms with Crippen LogP contribution < -0.4 is 10.2 Å². The summed E-state index contributed by atoms with van der Waals surface area (Å²) < 4.78 is 5.90. The van der Waals surface area contributed by atoms with Crippen molar-refractivity contribution in [2.24, 2.45) is 0 Å². The summed E-state index contributed by atoms with van der Waals surface area (Å²) in [6.45, 7) is 6.32. The molecule has 1 aliphatic heterocycles. The number of hydrogen-bond acceptors (Lipinski definition) is 6. The van der Waals surface area contributed by atoms with Gasteiger partial charge in [-0.25, -0.2) is 4.98 Å². The van der Waals surface area contributed by atoms with Crippen molar-refractivity contribution in [1.29, 1.82) is 0 Å². The van der Waals surface area contributed by atoms with Crippen LogP contribution in [0.25, 0.3) is 0 Å². The van der Waals surface area contributed by atoms with Crippen LogP contribution in [0.2, 0.25) is 0 Å². The molecule has 146 valence electrons. The number of Topliss-reactive ketones (excluding diaryl/α,β-unsaturated/α-hetero) is 1. The van der Waals surface area contributed by atoms with Gasteiger partial charge < -0.3 is 10.2 Å². The van der Waals surface area contributed by atoms with Gasteiger partial charge in [0.2, 0.25) is 5.82 Å². The van der Waals surface area contributed by atoms with E-state index in [-0.39, 0.29) is 11.6 Å². The number of nitrogens with one attached hydrogen (secondary N) is 1. The second kappa shape index (κ2) is 10.1. The van der Waals surface area contributed by atoms with Crippen LogP contribution in [0.4, 0.5) is 0 Å². The molecular formula is C20H29N5O2. The van der Waals surface area contributed by atoms with E-state index in [1.165, 1.54) is 56.0 Å². The molecule has 1 N–H and O–H groups in total. The number of hydrogen-bond donors (Lipinski definition) is 1. The molecule has 0 unspecified atom stereocenters. The van der Waals surface area contributed by atoms with Crippen LogP contribution in [0.1, 0.15) is 55.2 Å². The number of rotatable bonds is 10. The average molecular weight is 371 g/mol. The van der Waals surface area contributed by atoms with E-state index in [4.69, 9.17) is 4.74 Å². The van der Waals surface area contributed by atoms with Crippen LogP contribution >= 0.6 is 0 Å². The standard InChI is InChI=1S/C20H29N5O2/c1-17(26)20-21-16-25(23-20)22-10-3-6-13-27-19-9-7-8-18(14-19)15-24-11-4-2-5-12-24/h7-9,14,16,22H,2-6,10-13,15H2,1H3. The number of carbonyl (C=O) groups is 1. The Morgan fingerprint density at radius 1 is 1.22 bits per heavy atom. The highest BCUT2D eigenvalue weighted by atomic mass is 16.5. The topological polar surface area (TPSA) is 72.3 Å². The highest BCUT2D eigenvalue weighted by Gasteiger charge is 2.10. The first-order valence-electron chi connectivity index (χ1n) is 9.81. The van der Waals surface area contributed by atoms with Crippen LogP contribution in [-0.4, -0.2) is 51.8 Å². The van der Waals surface area contributed by atoms with Crippen molar-refractivity contribution in [3.05, 3.63) is 42.0 Å². The maximum absolute atomic E-state index is 11.2. The van der Waals surface area contributed by atoms with Crippen LogP contribution in [0.5, 0.6) is 5.75 Å². The maximum Gasteiger partial charge on any atom is 0.219 e. The molecule has 0 aliphatic carbocycles. The van der Waals surface area contributed by atoms with Gasteiger partial charge in [0.15, 0.2) is 5.78 Å². The normalized spacial score (nSPS) is 14.9. The Balaban J connectivity index is 1.32. The molecule has 0 bridgehead atoms. The van der Waals surface area contributed by atoms with Gasteiger partial charge in [0.05, 0.1) is 6.61 Å². The molecule has 2 aromatic rings. The summed E-state index contributed by atoms with van der Waals surface area (Å²) in [5.74, 6) is 1.04. The minimum Gasteiger partial charge on any atom is -0.494 e. The van der Waals surface area contributed by atoms with Gasteiger partial charge in [0.1, 0.15) is 12.1 Å². The number of piperidine rings is 1. The Bertz CT molecular complexity index is 725. The van der Waals surface area contributed by atoms with Crippen molar-refractivity contribution in [2.75, 3.05) is 31.7 Å². The predicted octanol–water partition coefficient (Wildman–Crippen LogP) is 2.87. The molecular weight excluding hydrogens is 342 g/mol. The van der Waals surface area contributed by atoms with Crippen LogP contribution in [0.3, 0.4) is 0 Å². The lowest BCUT2D eigenvalue weighted by molar-refractivity contribution is 0.100. The highest BCUT2D eigenvalue weighted by Crippen LogP contribution is 2.17. The fourth-order valence-electron chi connectivity index (χ4n) is 3.22. The zero-order valence-corrected chi connectivity index (χ0v) is 16.1. The molecule has 7 nitrogen and oxygen atoms in total. The maximum atomic E-state index is 11.2. The Morgan fingerprint density at radius 2 is 2.07 bits per heavy atom. The number of ether oxygens (including phenoxy) is 1. The number of unbranched alkanes of at least 4 members (excludes halogenated alkanes) is 1. The Labute approximate surface area is 160 Å². The molecule has 0 radical (unpaired) electrons. The monoisotopic (exact) mass is 371 g/mol. The van der Waals surface area contributed by atoms with E-state index < -0.39 is 0 Å². The predicted molar refractivity (Wildman–Crippen MR) is 105 cm³/mol. The molecule has 2 heterocycles. The van der Waals surface area contributed by atoms with Gasteiger partial charge in [-0.05, 0) is 56.5 Å². The van der Waals surface area contributed by atoms with Gasteiger partial charge >= 0.3 is 0 Å². The molecule has 0 spiro atoms. The van der Waals surface area contributed by atoms with E-state index in [0.717, 1.165) is 31.7 Å². The van der Waals surface area contributed by atoms with Crippen LogP contribution in [0, 0.1) is 0 Å². The largest absolute Gasteiger partial charge is 0.494 e. The summed E-state index contributed by atoms with van der Waals surface area (Å²) in [6, 6.07) is 8.44. The van der Waals surface area contributed by atoms with Gasteiger partial charge in [-0.15, -0.1) is 5.10 Å². The molecule has 0 amide bonds. The van der Waals surface area contributed by atoms with E-state index >= 15 is 0 Å². The summed E-state index contributed by atoms with van der Waals surface area (Å²) in [5, 5.41) is 4.04. The zero-order chi connectivity index (χ0) is 18.9. The summed E-state index contributed by atoms with van der Waals surface area (Å²) in [7, 11) is 0. The molecule has 3 rings (SSSR count). The first-order chi connectivity index (χ1) is 13.2. The van der Waals surface area contributed by atoms with Crippen molar-refractivity contribution in [1.82, 2.24) is 19.8 Å². The Kier molecular flexibility index (Phi) is 7.21. The van der Waals surface area contributed by atoms with Gasteiger partial charge in [-0.1, -0.05) is 18.6 Å². The summed E-state index contributed by atoms with van der Waals surface area (Å²) in [6.07, 6.45) is 7.40. The van der Waals surface area contributed by atoms with E-state index in [0.29, 0.717) is 6.61 Å². The lowest BCUT2D eigenvalue weighted by atomic mass is 10.1. The quantitative estimate of drug-likeness (QED) is 0.511. The fraction of sp³-hybridized carbons (Fsp3) is 0.550. The lowest BCUT2D eigenvalue weighted by Gasteiger charge is -2.26. The van der Waals surface area contributed by atoms with Crippen molar-refractivity contribution >= 4 is 5.78 Å². The van der Waals surface area contributed by atoms with Gasteiger partial charge in [-0.2, -0.15) is 4.79 Å². The molecule has 1 fully saturated rings. The molecule has 27 heavy (non-hydrogen) atoms. The summed E-state index contributed by atoms with van der Waals surface area (Å²) in [4.78, 5) is 19.1. The van der Waals surface area contributed by atoms with Gasteiger partial charge in [-0.3, -0.25) is 9.69 Å².